The fourth-order valence-electron chi connectivity index (χ4n) is 3.37. The quantitative estimate of drug-likeness (QED) is 0.822. The van der Waals surface area contributed by atoms with Gasteiger partial charge in [0, 0.05) is 12.1 Å². The van der Waals surface area contributed by atoms with E-state index in [2.05, 4.69) is 22.9 Å². The van der Waals surface area contributed by atoms with E-state index in [0.29, 0.717) is 12.1 Å². The summed E-state index contributed by atoms with van der Waals surface area (Å²) in [5.74, 6) is 2.00. The van der Waals surface area contributed by atoms with Gasteiger partial charge >= 0.3 is 0 Å². The summed E-state index contributed by atoms with van der Waals surface area (Å²) in [6.07, 6.45) is 7.08. The zero-order chi connectivity index (χ0) is 15.1. The molecular weight excluding hydrogens is 246 g/mol. The van der Waals surface area contributed by atoms with E-state index >= 15 is 0 Å². The first-order chi connectivity index (χ1) is 9.74. The molecule has 0 spiro atoms. The van der Waals surface area contributed by atoms with Gasteiger partial charge in [0.25, 0.3) is 0 Å². The number of fused-ring (bicyclic) bond motifs is 2. The van der Waals surface area contributed by atoms with Crippen LogP contribution >= 0.6 is 0 Å². The number of rotatable bonds is 1. The third-order valence-corrected chi connectivity index (χ3v) is 4.00. The predicted octanol–water partition coefficient (Wildman–Crippen LogP) is 4.48. The summed E-state index contributed by atoms with van der Waals surface area (Å²) < 4.78 is 0. The van der Waals surface area contributed by atoms with Crippen LogP contribution in [0, 0.1) is 5.92 Å². The summed E-state index contributed by atoms with van der Waals surface area (Å²) in [6, 6.07) is 5.45. The summed E-state index contributed by atoms with van der Waals surface area (Å²) in [5, 5.41) is 0. The smallest absolute Gasteiger partial charge is 0.129 e. The molecule has 0 aromatic carbocycles. The standard InChI is InChI=1S/C13H19N3.2C2H6/c1-9-6-11-3-4-12(7-9)16(11)13-5-2-10(14)8-15-13;2*1-2/h2,5,8-9,11-12H,3-4,6-7,14H2,1H3;2*1-2H3. The van der Waals surface area contributed by atoms with Crippen LogP contribution in [0.3, 0.4) is 0 Å². The van der Waals surface area contributed by atoms with Crippen LogP contribution in [0.15, 0.2) is 18.3 Å². The summed E-state index contributed by atoms with van der Waals surface area (Å²) in [4.78, 5) is 7.00. The number of anilines is 2. The first kappa shape index (κ1) is 16.8. The maximum absolute atomic E-state index is 5.68. The molecule has 1 aromatic rings. The Labute approximate surface area is 124 Å². The first-order valence-corrected chi connectivity index (χ1v) is 8.24. The molecule has 2 atom stereocenters. The molecule has 0 amide bonds. The maximum atomic E-state index is 5.68. The molecule has 2 aliphatic rings. The Kier molecular flexibility index (Phi) is 6.83. The molecule has 0 aliphatic carbocycles. The zero-order valence-electron chi connectivity index (χ0n) is 13.8. The van der Waals surface area contributed by atoms with Crippen molar-refractivity contribution in [3.63, 3.8) is 0 Å². The van der Waals surface area contributed by atoms with Gasteiger partial charge in [0.2, 0.25) is 0 Å². The lowest BCUT2D eigenvalue weighted by atomic mass is 9.92. The largest absolute Gasteiger partial charge is 0.397 e. The molecule has 3 heterocycles. The molecular formula is C17H31N3. The van der Waals surface area contributed by atoms with Crippen LogP contribution in [0.5, 0.6) is 0 Å². The zero-order valence-corrected chi connectivity index (χ0v) is 13.8. The van der Waals surface area contributed by atoms with E-state index in [1.807, 2.05) is 33.8 Å². The third kappa shape index (κ3) is 3.65. The van der Waals surface area contributed by atoms with E-state index in [-0.39, 0.29) is 0 Å². The van der Waals surface area contributed by atoms with Crippen molar-refractivity contribution in [3.05, 3.63) is 18.3 Å². The molecule has 2 aliphatic heterocycles. The SMILES string of the molecule is CC.CC.CC1CC2CCC(C1)N2c1ccc(N)cn1. The van der Waals surface area contributed by atoms with Crippen LogP contribution < -0.4 is 10.6 Å². The second kappa shape index (κ2) is 8.13. The topological polar surface area (TPSA) is 42.1 Å². The highest BCUT2D eigenvalue weighted by Gasteiger charge is 2.39. The molecule has 2 saturated heterocycles. The normalized spacial score (nSPS) is 27.1. The molecule has 2 bridgehead atoms. The number of piperidine rings is 1. The van der Waals surface area contributed by atoms with Crippen LogP contribution in [0.1, 0.15) is 60.3 Å². The monoisotopic (exact) mass is 277 g/mol. The summed E-state index contributed by atoms with van der Waals surface area (Å²) in [6.45, 7) is 10.4. The van der Waals surface area contributed by atoms with Crippen molar-refractivity contribution in [2.24, 2.45) is 5.92 Å². The van der Waals surface area contributed by atoms with E-state index in [1.54, 1.807) is 6.20 Å². The Balaban J connectivity index is 0.000000461. The summed E-state index contributed by atoms with van der Waals surface area (Å²) >= 11 is 0. The Morgan fingerprint density at radius 3 is 2.05 bits per heavy atom. The molecule has 20 heavy (non-hydrogen) atoms. The predicted molar refractivity (Wildman–Crippen MR) is 89.0 cm³/mol. The van der Waals surface area contributed by atoms with Crippen LogP contribution in [0.2, 0.25) is 0 Å². The second-order valence-corrected chi connectivity index (χ2v) is 5.32. The van der Waals surface area contributed by atoms with Crippen molar-refractivity contribution in [1.82, 2.24) is 4.98 Å². The number of aromatic nitrogens is 1. The van der Waals surface area contributed by atoms with Crippen molar-refractivity contribution >= 4 is 11.5 Å². The Morgan fingerprint density at radius 1 is 1.05 bits per heavy atom. The molecule has 2 unspecified atom stereocenters. The summed E-state index contributed by atoms with van der Waals surface area (Å²) in [7, 11) is 0. The van der Waals surface area contributed by atoms with E-state index in [1.165, 1.54) is 25.7 Å². The number of hydrogen-bond donors (Lipinski definition) is 1. The van der Waals surface area contributed by atoms with Crippen molar-refractivity contribution in [3.8, 4) is 0 Å². The van der Waals surface area contributed by atoms with Crippen molar-refractivity contribution in [2.45, 2.75) is 72.4 Å². The van der Waals surface area contributed by atoms with Gasteiger partial charge in [0.05, 0.1) is 11.9 Å². The molecule has 0 radical (unpaired) electrons. The van der Waals surface area contributed by atoms with Crippen LogP contribution in [-0.4, -0.2) is 17.1 Å². The van der Waals surface area contributed by atoms with Gasteiger partial charge in [0.1, 0.15) is 5.82 Å². The number of pyridine rings is 1. The Bertz CT molecular complexity index is 360. The fraction of sp³-hybridized carbons (Fsp3) is 0.706. The fourth-order valence-corrected chi connectivity index (χ4v) is 3.37. The van der Waals surface area contributed by atoms with Gasteiger partial charge in [-0.25, -0.2) is 4.98 Å². The lowest BCUT2D eigenvalue weighted by Crippen LogP contribution is -2.42. The highest BCUT2D eigenvalue weighted by atomic mass is 15.3. The highest BCUT2D eigenvalue weighted by Crippen LogP contribution is 2.40. The van der Waals surface area contributed by atoms with Gasteiger partial charge < -0.3 is 10.6 Å². The summed E-state index contributed by atoms with van der Waals surface area (Å²) in [5.41, 5.74) is 6.43. The van der Waals surface area contributed by atoms with Crippen molar-refractivity contribution in [1.29, 1.82) is 0 Å². The average Bonchev–Trinajstić information content (AvgIpc) is 2.76. The molecule has 2 N–H and O–H groups in total. The molecule has 0 saturated carbocycles. The maximum Gasteiger partial charge on any atom is 0.129 e. The number of nitrogens with zero attached hydrogens (tertiary/aromatic N) is 2. The van der Waals surface area contributed by atoms with Crippen LogP contribution in [-0.2, 0) is 0 Å². The number of nitrogens with two attached hydrogens (primary N) is 1. The van der Waals surface area contributed by atoms with E-state index in [4.69, 9.17) is 5.73 Å². The number of nitrogen functional groups attached to an aromatic ring is 1. The lowest BCUT2D eigenvalue weighted by molar-refractivity contribution is 0.361. The molecule has 2 fully saturated rings. The van der Waals surface area contributed by atoms with E-state index in [9.17, 15) is 0 Å². The minimum atomic E-state index is 0.713. The minimum Gasteiger partial charge on any atom is -0.397 e. The first-order valence-electron chi connectivity index (χ1n) is 8.24. The molecule has 3 nitrogen and oxygen atoms in total. The number of hydrogen-bond acceptors (Lipinski definition) is 3. The van der Waals surface area contributed by atoms with Crippen LogP contribution in [0.25, 0.3) is 0 Å². The average molecular weight is 277 g/mol. The lowest BCUT2D eigenvalue weighted by Gasteiger charge is -2.38. The van der Waals surface area contributed by atoms with Gasteiger partial charge in [-0.05, 0) is 43.7 Å². The molecule has 1 aromatic heterocycles. The minimum absolute atomic E-state index is 0.713. The van der Waals surface area contributed by atoms with Gasteiger partial charge in [0.15, 0.2) is 0 Å². The van der Waals surface area contributed by atoms with Gasteiger partial charge in [-0.15, -0.1) is 0 Å². The highest BCUT2D eigenvalue weighted by molar-refractivity contribution is 5.48. The van der Waals surface area contributed by atoms with Gasteiger partial charge in [-0.3, -0.25) is 0 Å². The van der Waals surface area contributed by atoms with Gasteiger partial charge in [-0.1, -0.05) is 34.6 Å². The van der Waals surface area contributed by atoms with Gasteiger partial charge in [-0.2, -0.15) is 0 Å². The Morgan fingerprint density at radius 2 is 1.60 bits per heavy atom. The Hall–Kier alpha value is -1.25. The third-order valence-electron chi connectivity index (χ3n) is 4.00. The second-order valence-electron chi connectivity index (χ2n) is 5.32. The van der Waals surface area contributed by atoms with E-state index < -0.39 is 0 Å². The van der Waals surface area contributed by atoms with Crippen LogP contribution in [0.4, 0.5) is 11.5 Å². The molecule has 3 rings (SSSR count). The van der Waals surface area contributed by atoms with Crippen molar-refractivity contribution < 1.29 is 0 Å². The molecule has 3 heteroatoms. The van der Waals surface area contributed by atoms with E-state index in [0.717, 1.165) is 17.4 Å². The van der Waals surface area contributed by atoms with Crippen molar-refractivity contribution in [2.75, 3.05) is 10.6 Å². The molecule has 114 valence electrons.